The van der Waals surface area contributed by atoms with Gasteiger partial charge in [-0.2, -0.15) is 0 Å². The van der Waals surface area contributed by atoms with Gasteiger partial charge in [0, 0.05) is 16.9 Å². The smallest absolute Gasteiger partial charge is 0.340 e. The Morgan fingerprint density at radius 1 is 1.14 bits per heavy atom. The highest BCUT2D eigenvalue weighted by Crippen LogP contribution is 2.16. The largest absolute Gasteiger partial charge is 0.462 e. The van der Waals surface area contributed by atoms with Crippen molar-refractivity contribution in [1.82, 2.24) is 0 Å². The second kappa shape index (κ2) is 7.94. The number of nitrogen functional groups attached to an aromatic ring is 2. The van der Waals surface area contributed by atoms with Crippen LogP contribution in [0.25, 0.3) is 0 Å². The van der Waals surface area contributed by atoms with Crippen molar-refractivity contribution in [3.63, 3.8) is 0 Å². The Hall–Kier alpha value is -2.50. The van der Waals surface area contributed by atoms with E-state index >= 15 is 0 Å². The highest BCUT2D eigenvalue weighted by atomic mass is 16.5. The molecule has 1 aromatic rings. The summed E-state index contributed by atoms with van der Waals surface area (Å²) in [5.41, 5.74) is 12.7. The van der Waals surface area contributed by atoms with Gasteiger partial charge in [-0.3, -0.25) is 0 Å². The summed E-state index contributed by atoms with van der Waals surface area (Å²) in [6.07, 6.45) is 1.18. The van der Waals surface area contributed by atoms with Gasteiger partial charge >= 0.3 is 11.9 Å². The first-order valence-electron chi connectivity index (χ1n) is 6.56. The Balaban J connectivity index is 2.27. The lowest BCUT2D eigenvalue weighted by molar-refractivity contribution is -0.139. The molecule has 0 saturated heterocycles. The van der Waals surface area contributed by atoms with Gasteiger partial charge in [0.2, 0.25) is 0 Å². The molecule has 0 bridgehead atoms. The van der Waals surface area contributed by atoms with E-state index in [1.165, 1.54) is 6.07 Å². The van der Waals surface area contributed by atoms with Crippen molar-refractivity contribution in [2.24, 2.45) is 0 Å². The number of carbonyl (C=O) groups excluding carboxylic acids is 2. The van der Waals surface area contributed by atoms with Crippen molar-refractivity contribution in [3.8, 4) is 0 Å². The summed E-state index contributed by atoms with van der Waals surface area (Å²) in [7, 11) is 0. The van der Waals surface area contributed by atoms with Gasteiger partial charge in [0.1, 0.15) is 0 Å². The number of carbonyl (C=O) groups is 2. The number of ether oxygens (including phenoxy) is 2. The minimum absolute atomic E-state index is 0.220. The number of rotatable bonds is 7. The summed E-state index contributed by atoms with van der Waals surface area (Å²) in [6, 6.07) is 4.65. The lowest BCUT2D eigenvalue weighted by Crippen LogP contribution is -2.11. The molecule has 6 heteroatoms. The number of hydrogen-bond acceptors (Lipinski definition) is 6. The van der Waals surface area contributed by atoms with Gasteiger partial charge in [0.25, 0.3) is 0 Å². The zero-order valence-electron chi connectivity index (χ0n) is 12.1. The van der Waals surface area contributed by atoms with E-state index in [0.29, 0.717) is 29.8 Å². The van der Waals surface area contributed by atoms with Crippen LogP contribution in [-0.2, 0) is 14.3 Å². The van der Waals surface area contributed by atoms with Gasteiger partial charge in [-0.05, 0) is 38.0 Å². The molecule has 1 aromatic carbocycles. The molecule has 0 heterocycles. The second-order valence-corrected chi connectivity index (χ2v) is 4.61. The molecule has 0 atom stereocenters. The van der Waals surface area contributed by atoms with Crippen LogP contribution in [-0.4, -0.2) is 25.2 Å². The van der Waals surface area contributed by atoms with E-state index in [0.717, 1.165) is 0 Å². The Morgan fingerprint density at radius 2 is 1.76 bits per heavy atom. The number of benzene rings is 1. The van der Waals surface area contributed by atoms with Crippen LogP contribution in [0.1, 0.15) is 30.1 Å². The van der Waals surface area contributed by atoms with Crippen LogP contribution in [0.5, 0.6) is 0 Å². The van der Waals surface area contributed by atoms with E-state index in [1.54, 1.807) is 19.1 Å². The maximum absolute atomic E-state index is 11.8. The molecule has 21 heavy (non-hydrogen) atoms. The molecule has 0 saturated carbocycles. The van der Waals surface area contributed by atoms with E-state index in [1.807, 2.05) is 0 Å². The molecule has 0 aromatic heterocycles. The number of esters is 2. The fourth-order valence-electron chi connectivity index (χ4n) is 1.49. The fourth-order valence-corrected chi connectivity index (χ4v) is 1.49. The van der Waals surface area contributed by atoms with Crippen molar-refractivity contribution in [2.75, 3.05) is 24.7 Å². The first-order valence-corrected chi connectivity index (χ1v) is 6.56. The molecule has 0 aliphatic heterocycles. The molecular weight excluding hydrogens is 272 g/mol. The van der Waals surface area contributed by atoms with E-state index in [2.05, 4.69) is 6.58 Å². The van der Waals surface area contributed by atoms with E-state index < -0.39 is 11.9 Å². The molecule has 1 rings (SSSR count). The average Bonchev–Trinajstić information content (AvgIpc) is 2.44. The van der Waals surface area contributed by atoms with Crippen molar-refractivity contribution in [3.05, 3.63) is 35.9 Å². The molecule has 4 N–H and O–H groups in total. The minimum atomic E-state index is -0.515. The normalized spacial score (nSPS) is 9.95. The Labute approximate surface area is 123 Å². The summed E-state index contributed by atoms with van der Waals surface area (Å²) in [5, 5.41) is 0. The zero-order valence-corrected chi connectivity index (χ0v) is 12.1. The van der Waals surface area contributed by atoms with E-state index in [9.17, 15) is 9.59 Å². The predicted octanol–water partition coefficient (Wildman–Crippen LogP) is 1.91. The first-order chi connectivity index (χ1) is 9.91. The van der Waals surface area contributed by atoms with Gasteiger partial charge in [-0.25, -0.2) is 9.59 Å². The second-order valence-electron chi connectivity index (χ2n) is 4.61. The van der Waals surface area contributed by atoms with Gasteiger partial charge in [0.05, 0.1) is 18.8 Å². The molecule has 0 fully saturated rings. The van der Waals surface area contributed by atoms with E-state index in [-0.39, 0.29) is 18.8 Å². The molecule has 6 nitrogen and oxygen atoms in total. The standard InChI is InChI=1S/C15H20N2O4/c1-10(2)14(18)20-7-3-4-8-21-15(19)12-9-11(16)5-6-13(12)17/h5-6,9H,1,3-4,7-8,16-17H2,2H3. The Kier molecular flexibility index (Phi) is 6.26. The molecule has 0 aliphatic carbocycles. The molecule has 0 amide bonds. The van der Waals surface area contributed by atoms with Gasteiger partial charge in [0.15, 0.2) is 0 Å². The predicted molar refractivity (Wildman–Crippen MR) is 80.6 cm³/mol. The Morgan fingerprint density at radius 3 is 2.38 bits per heavy atom. The SMILES string of the molecule is C=C(C)C(=O)OCCCCOC(=O)c1cc(N)ccc1N. The quantitative estimate of drug-likeness (QED) is 0.344. The molecule has 0 aliphatic rings. The first kappa shape index (κ1) is 16.6. The number of hydrogen-bond donors (Lipinski definition) is 2. The fraction of sp³-hybridized carbons (Fsp3) is 0.333. The summed E-state index contributed by atoms with van der Waals surface area (Å²) < 4.78 is 10.0. The summed E-state index contributed by atoms with van der Waals surface area (Å²) >= 11 is 0. The van der Waals surface area contributed by atoms with Crippen LogP contribution in [0.4, 0.5) is 11.4 Å². The van der Waals surface area contributed by atoms with Crippen LogP contribution >= 0.6 is 0 Å². The lowest BCUT2D eigenvalue weighted by atomic mass is 10.1. The molecule has 0 unspecified atom stereocenters. The third kappa shape index (κ3) is 5.56. The minimum Gasteiger partial charge on any atom is -0.462 e. The monoisotopic (exact) mass is 292 g/mol. The van der Waals surface area contributed by atoms with Crippen LogP contribution in [0.15, 0.2) is 30.4 Å². The van der Waals surface area contributed by atoms with Crippen molar-refractivity contribution >= 4 is 23.3 Å². The summed E-state index contributed by atoms with van der Waals surface area (Å²) in [5.74, 6) is -0.932. The van der Waals surface area contributed by atoms with Crippen molar-refractivity contribution in [2.45, 2.75) is 19.8 Å². The summed E-state index contributed by atoms with van der Waals surface area (Å²) in [6.45, 7) is 5.55. The molecule has 114 valence electrons. The number of anilines is 2. The number of nitrogens with two attached hydrogens (primary N) is 2. The maximum Gasteiger partial charge on any atom is 0.340 e. The van der Waals surface area contributed by atoms with Crippen molar-refractivity contribution < 1.29 is 19.1 Å². The highest BCUT2D eigenvalue weighted by molar-refractivity contribution is 5.96. The van der Waals surface area contributed by atoms with E-state index in [4.69, 9.17) is 20.9 Å². The van der Waals surface area contributed by atoms with Crippen molar-refractivity contribution in [1.29, 1.82) is 0 Å². The van der Waals surface area contributed by atoms with Gasteiger partial charge in [-0.15, -0.1) is 0 Å². The summed E-state index contributed by atoms with van der Waals surface area (Å²) in [4.78, 5) is 22.9. The van der Waals surface area contributed by atoms with Crippen LogP contribution in [0.2, 0.25) is 0 Å². The topological polar surface area (TPSA) is 105 Å². The van der Waals surface area contributed by atoms with Gasteiger partial charge < -0.3 is 20.9 Å². The lowest BCUT2D eigenvalue weighted by Gasteiger charge is -2.08. The molecule has 0 radical (unpaired) electrons. The molecular formula is C15H20N2O4. The third-order valence-electron chi connectivity index (χ3n) is 2.65. The van der Waals surface area contributed by atoms with Crippen LogP contribution < -0.4 is 11.5 Å². The third-order valence-corrected chi connectivity index (χ3v) is 2.65. The number of unbranched alkanes of at least 4 members (excludes halogenated alkanes) is 1. The average molecular weight is 292 g/mol. The zero-order chi connectivity index (χ0) is 15.8. The highest BCUT2D eigenvalue weighted by Gasteiger charge is 2.11. The maximum atomic E-state index is 11.8. The molecule has 0 spiro atoms. The van der Waals surface area contributed by atoms with Gasteiger partial charge in [-0.1, -0.05) is 6.58 Å². The Bertz CT molecular complexity index is 540. The van der Waals surface area contributed by atoms with Crippen LogP contribution in [0.3, 0.4) is 0 Å². The van der Waals surface area contributed by atoms with Crippen LogP contribution in [0, 0.1) is 0 Å².